The van der Waals surface area contributed by atoms with E-state index in [2.05, 4.69) is 19.2 Å². The van der Waals surface area contributed by atoms with Gasteiger partial charge in [0.05, 0.1) is 0 Å². The molecule has 0 rings (SSSR count). The van der Waals surface area contributed by atoms with Gasteiger partial charge in [0, 0.05) is 0 Å². The molecule has 0 amide bonds. The second-order valence-corrected chi connectivity index (χ2v) is 0.750. The van der Waals surface area contributed by atoms with E-state index in [0.717, 1.165) is 13.1 Å². The number of nitrogens with one attached hydrogen (secondary N) is 1. The average molecular weight is 71.1 g/mol. The van der Waals surface area contributed by atoms with Crippen molar-refractivity contribution in [2.45, 2.75) is 0 Å². The van der Waals surface area contributed by atoms with E-state index in [0.29, 0.717) is 0 Å². The Balaban J connectivity index is 2.19. The minimum Gasteiger partial charge on any atom is -0.317 e. The highest BCUT2D eigenvalue weighted by Gasteiger charge is 1.63. The van der Waals surface area contributed by atoms with Crippen LogP contribution in [0, 0.1) is 13.8 Å². The summed E-state index contributed by atoms with van der Waals surface area (Å²) in [7, 11) is 0. The van der Waals surface area contributed by atoms with Crippen LogP contribution in [0.25, 0.3) is 0 Å². The standard InChI is InChI=1S/C4H9N/c1-3-5-4-2/h5H,1-4H2. The third-order valence-electron chi connectivity index (χ3n) is 0.354. The molecule has 2 radical (unpaired) electrons. The van der Waals surface area contributed by atoms with Crippen molar-refractivity contribution in [2.24, 2.45) is 0 Å². The van der Waals surface area contributed by atoms with Crippen LogP contribution < -0.4 is 5.32 Å². The Kier molecular flexibility index (Phi) is 3.93. The van der Waals surface area contributed by atoms with Crippen molar-refractivity contribution >= 4 is 0 Å². The lowest BCUT2D eigenvalue weighted by Gasteiger charge is -1.85. The Morgan fingerprint density at radius 2 is 1.60 bits per heavy atom. The molecule has 30 valence electrons. The Hall–Kier alpha value is -0.0400. The van der Waals surface area contributed by atoms with Gasteiger partial charge in [-0.3, -0.25) is 0 Å². The minimum absolute atomic E-state index is 0.781. The van der Waals surface area contributed by atoms with E-state index in [1.54, 1.807) is 0 Å². The zero-order valence-electron chi connectivity index (χ0n) is 3.33. The summed E-state index contributed by atoms with van der Waals surface area (Å²) in [6.45, 7) is 8.61. The van der Waals surface area contributed by atoms with Crippen LogP contribution in [0.3, 0.4) is 0 Å². The molecule has 0 aliphatic carbocycles. The van der Waals surface area contributed by atoms with E-state index in [1.165, 1.54) is 0 Å². The maximum atomic E-state index is 3.52. The molecular weight excluding hydrogens is 62.1 g/mol. The predicted octanol–water partition coefficient (Wildman–Crippen LogP) is 0.244. The first-order valence-electron chi connectivity index (χ1n) is 1.71. The highest BCUT2D eigenvalue weighted by atomic mass is 14.8. The van der Waals surface area contributed by atoms with Crippen LogP contribution in [0.1, 0.15) is 0 Å². The molecular formula is C4H9N. The molecule has 0 fully saturated rings. The van der Waals surface area contributed by atoms with Crippen LogP contribution in [-0.2, 0) is 0 Å². The third-order valence-corrected chi connectivity index (χ3v) is 0.354. The molecule has 0 bridgehead atoms. The van der Waals surface area contributed by atoms with Crippen molar-refractivity contribution in [1.29, 1.82) is 0 Å². The fourth-order valence-electron chi connectivity index (χ4n) is 0.125. The summed E-state index contributed by atoms with van der Waals surface area (Å²) >= 11 is 0. The average Bonchev–Trinajstić information content (AvgIpc) is 1.41. The van der Waals surface area contributed by atoms with Crippen molar-refractivity contribution in [2.75, 3.05) is 13.1 Å². The Morgan fingerprint density at radius 3 is 1.60 bits per heavy atom. The molecule has 1 heteroatoms. The highest BCUT2D eigenvalue weighted by Crippen LogP contribution is 1.45. The molecule has 0 atom stereocenters. The molecule has 0 spiro atoms. The van der Waals surface area contributed by atoms with E-state index in [-0.39, 0.29) is 0 Å². The summed E-state index contributed by atoms with van der Waals surface area (Å²) in [6.07, 6.45) is 0. The zero-order chi connectivity index (χ0) is 4.12. The first kappa shape index (κ1) is 4.96. The second-order valence-electron chi connectivity index (χ2n) is 0.750. The third kappa shape index (κ3) is 3.96. The molecule has 0 saturated carbocycles. The normalized spacial score (nSPS) is 8.40. The molecule has 0 saturated heterocycles. The smallest absolute Gasteiger partial charge is 0.00484 e. The molecule has 1 nitrogen and oxygen atoms in total. The summed E-state index contributed by atoms with van der Waals surface area (Å²) < 4.78 is 0. The van der Waals surface area contributed by atoms with Crippen LogP contribution in [0.4, 0.5) is 0 Å². The monoisotopic (exact) mass is 71.1 g/mol. The van der Waals surface area contributed by atoms with Crippen LogP contribution in [-0.4, -0.2) is 13.1 Å². The van der Waals surface area contributed by atoms with Crippen molar-refractivity contribution in [3.8, 4) is 0 Å². The van der Waals surface area contributed by atoms with Gasteiger partial charge in [-0.1, -0.05) is 0 Å². The quantitative estimate of drug-likeness (QED) is 0.492. The van der Waals surface area contributed by atoms with Crippen LogP contribution >= 0.6 is 0 Å². The molecule has 0 aliphatic heterocycles. The lowest BCUT2D eigenvalue weighted by Crippen LogP contribution is -2.10. The molecule has 0 aromatic carbocycles. The molecule has 0 heterocycles. The van der Waals surface area contributed by atoms with E-state index < -0.39 is 0 Å². The van der Waals surface area contributed by atoms with Crippen molar-refractivity contribution in [3.05, 3.63) is 13.8 Å². The second kappa shape index (κ2) is 3.96. The van der Waals surface area contributed by atoms with Gasteiger partial charge in [0.25, 0.3) is 0 Å². The van der Waals surface area contributed by atoms with Gasteiger partial charge < -0.3 is 5.32 Å². The number of hydrogen-bond donors (Lipinski definition) is 1. The Labute approximate surface area is 33.4 Å². The van der Waals surface area contributed by atoms with Gasteiger partial charge >= 0.3 is 0 Å². The molecule has 0 aromatic heterocycles. The van der Waals surface area contributed by atoms with E-state index in [1.807, 2.05) is 0 Å². The number of hydrogen-bond acceptors (Lipinski definition) is 1. The first-order valence-corrected chi connectivity index (χ1v) is 1.71. The lowest BCUT2D eigenvalue weighted by molar-refractivity contribution is 0.839. The van der Waals surface area contributed by atoms with Gasteiger partial charge in [-0.05, 0) is 26.9 Å². The SMILES string of the molecule is [CH2]CNC[CH2]. The van der Waals surface area contributed by atoms with Gasteiger partial charge in [0.2, 0.25) is 0 Å². The summed E-state index contributed by atoms with van der Waals surface area (Å²) in [5, 5.41) is 2.89. The van der Waals surface area contributed by atoms with Gasteiger partial charge in [-0.25, -0.2) is 0 Å². The zero-order valence-corrected chi connectivity index (χ0v) is 3.33. The van der Waals surface area contributed by atoms with Gasteiger partial charge in [0.15, 0.2) is 0 Å². The molecule has 0 unspecified atom stereocenters. The molecule has 0 aliphatic rings. The summed E-state index contributed by atoms with van der Waals surface area (Å²) in [5.41, 5.74) is 0. The lowest BCUT2D eigenvalue weighted by atomic mass is 10.7. The summed E-state index contributed by atoms with van der Waals surface area (Å²) in [5.74, 6) is 0. The maximum absolute atomic E-state index is 3.52. The van der Waals surface area contributed by atoms with E-state index in [9.17, 15) is 0 Å². The first-order chi connectivity index (χ1) is 2.41. The Morgan fingerprint density at radius 1 is 1.20 bits per heavy atom. The maximum Gasteiger partial charge on any atom is -0.00484 e. The molecule has 1 N–H and O–H groups in total. The summed E-state index contributed by atoms with van der Waals surface area (Å²) in [6, 6.07) is 0. The van der Waals surface area contributed by atoms with Crippen LogP contribution in [0.5, 0.6) is 0 Å². The predicted molar refractivity (Wildman–Crippen MR) is 23.6 cm³/mol. The largest absolute Gasteiger partial charge is 0.317 e. The van der Waals surface area contributed by atoms with Crippen molar-refractivity contribution < 1.29 is 0 Å². The fourth-order valence-corrected chi connectivity index (χ4v) is 0.125. The van der Waals surface area contributed by atoms with Crippen LogP contribution in [0.15, 0.2) is 0 Å². The summed E-state index contributed by atoms with van der Waals surface area (Å²) in [4.78, 5) is 0. The Bertz CT molecular complexity index is 11.1. The van der Waals surface area contributed by atoms with Crippen LogP contribution in [0.2, 0.25) is 0 Å². The van der Waals surface area contributed by atoms with Crippen molar-refractivity contribution in [3.63, 3.8) is 0 Å². The topological polar surface area (TPSA) is 12.0 Å². The highest BCUT2D eigenvalue weighted by molar-refractivity contribution is 4.46. The van der Waals surface area contributed by atoms with Gasteiger partial charge in [0.1, 0.15) is 0 Å². The number of rotatable bonds is 2. The van der Waals surface area contributed by atoms with Crippen molar-refractivity contribution in [1.82, 2.24) is 5.32 Å². The van der Waals surface area contributed by atoms with Gasteiger partial charge in [-0.2, -0.15) is 0 Å². The van der Waals surface area contributed by atoms with Gasteiger partial charge in [-0.15, -0.1) is 0 Å². The van der Waals surface area contributed by atoms with E-state index >= 15 is 0 Å². The molecule has 0 aromatic rings. The minimum atomic E-state index is 0.781. The molecule has 5 heavy (non-hydrogen) atoms. The van der Waals surface area contributed by atoms with E-state index in [4.69, 9.17) is 0 Å². The fraction of sp³-hybridized carbons (Fsp3) is 0.500.